The molecule has 0 fully saturated rings. The van der Waals surface area contributed by atoms with Crippen LogP contribution in [0.3, 0.4) is 0 Å². The molecule has 0 atom stereocenters. The number of benzene rings is 1. The third-order valence-electron chi connectivity index (χ3n) is 2.24. The summed E-state index contributed by atoms with van der Waals surface area (Å²) in [6.45, 7) is 4.27. The molecule has 1 rings (SSSR count). The molecule has 1 aromatic rings. The fraction of sp³-hybridized carbons (Fsp3) is 0.417. The minimum absolute atomic E-state index is 0.406. The first-order valence-electron chi connectivity index (χ1n) is 4.72. The van der Waals surface area contributed by atoms with Crippen molar-refractivity contribution in [1.82, 2.24) is 0 Å². The lowest BCUT2D eigenvalue weighted by Gasteiger charge is -2.10. The van der Waals surface area contributed by atoms with Crippen LogP contribution in [0.2, 0.25) is 0 Å². The van der Waals surface area contributed by atoms with Gasteiger partial charge in [-0.2, -0.15) is 5.26 Å². The molecule has 14 heavy (non-hydrogen) atoms. The number of nitriles is 1. The first kappa shape index (κ1) is 10.6. The fourth-order valence-corrected chi connectivity index (χ4v) is 1.38. The Morgan fingerprint density at radius 2 is 2.14 bits per heavy atom. The molecule has 0 aromatic heterocycles. The number of rotatable bonds is 3. The quantitative estimate of drug-likeness (QED) is 0.732. The molecule has 2 nitrogen and oxygen atoms in total. The van der Waals surface area contributed by atoms with Crippen molar-refractivity contribution in [2.75, 3.05) is 7.11 Å². The monoisotopic (exact) mass is 189 g/mol. The molecule has 2 heteroatoms. The molecule has 0 unspecified atom stereocenters. The smallest absolute Gasteiger partial charge is 0.123 e. The second-order valence-electron chi connectivity index (χ2n) is 3.56. The van der Waals surface area contributed by atoms with E-state index >= 15 is 0 Å². The van der Waals surface area contributed by atoms with E-state index in [0.29, 0.717) is 12.3 Å². The maximum absolute atomic E-state index is 8.66. The molecule has 74 valence electrons. The van der Waals surface area contributed by atoms with Gasteiger partial charge in [-0.3, -0.25) is 0 Å². The van der Waals surface area contributed by atoms with E-state index < -0.39 is 0 Å². The number of nitrogens with zero attached hydrogens (tertiary/aromatic N) is 1. The van der Waals surface area contributed by atoms with E-state index in [-0.39, 0.29) is 0 Å². The second kappa shape index (κ2) is 4.66. The Bertz CT molecular complexity index is 350. The van der Waals surface area contributed by atoms with Gasteiger partial charge in [-0.05, 0) is 17.5 Å². The lowest BCUT2D eigenvalue weighted by molar-refractivity contribution is 0.410. The third kappa shape index (κ3) is 2.26. The average Bonchev–Trinajstić information content (AvgIpc) is 2.18. The molecule has 0 saturated heterocycles. The van der Waals surface area contributed by atoms with Crippen molar-refractivity contribution in [1.29, 1.82) is 5.26 Å². The van der Waals surface area contributed by atoms with Gasteiger partial charge in [-0.15, -0.1) is 0 Å². The summed E-state index contributed by atoms with van der Waals surface area (Å²) in [6.07, 6.45) is 0.406. The van der Waals surface area contributed by atoms with E-state index in [2.05, 4.69) is 19.9 Å². The van der Waals surface area contributed by atoms with Crippen LogP contribution in [0.5, 0.6) is 5.75 Å². The van der Waals surface area contributed by atoms with Crippen molar-refractivity contribution in [3.8, 4) is 11.8 Å². The minimum atomic E-state index is 0.406. The van der Waals surface area contributed by atoms with Crippen molar-refractivity contribution in [2.24, 2.45) is 0 Å². The molecular weight excluding hydrogens is 174 g/mol. The zero-order valence-corrected chi connectivity index (χ0v) is 8.87. The van der Waals surface area contributed by atoms with Crippen molar-refractivity contribution in [2.45, 2.75) is 26.2 Å². The molecular formula is C12H15NO. The highest BCUT2D eigenvalue weighted by Gasteiger charge is 2.05. The van der Waals surface area contributed by atoms with Crippen LogP contribution < -0.4 is 4.74 Å². The summed E-state index contributed by atoms with van der Waals surface area (Å²) >= 11 is 0. The predicted molar refractivity (Wildman–Crippen MR) is 56.4 cm³/mol. The average molecular weight is 189 g/mol. The third-order valence-corrected chi connectivity index (χ3v) is 2.24. The van der Waals surface area contributed by atoms with Gasteiger partial charge in [0.1, 0.15) is 5.75 Å². The van der Waals surface area contributed by atoms with Gasteiger partial charge in [0.2, 0.25) is 0 Å². The summed E-state index contributed by atoms with van der Waals surface area (Å²) in [6, 6.07) is 8.17. The fourth-order valence-electron chi connectivity index (χ4n) is 1.38. The normalized spacial score (nSPS) is 9.93. The molecule has 0 bridgehead atoms. The van der Waals surface area contributed by atoms with Crippen LogP contribution in [0.1, 0.15) is 30.9 Å². The van der Waals surface area contributed by atoms with E-state index in [1.165, 1.54) is 5.56 Å². The van der Waals surface area contributed by atoms with E-state index in [1.807, 2.05) is 18.2 Å². The zero-order chi connectivity index (χ0) is 10.6. The van der Waals surface area contributed by atoms with Crippen LogP contribution in [-0.4, -0.2) is 7.11 Å². The summed E-state index contributed by atoms with van der Waals surface area (Å²) < 4.78 is 5.18. The van der Waals surface area contributed by atoms with Crippen molar-refractivity contribution in [3.63, 3.8) is 0 Å². The van der Waals surface area contributed by atoms with Gasteiger partial charge in [-0.25, -0.2) is 0 Å². The minimum Gasteiger partial charge on any atom is -0.496 e. The lowest BCUT2D eigenvalue weighted by atomic mass is 9.99. The Hall–Kier alpha value is -1.49. The topological polar surface area (TPSA) is 33.0 Å². The summed E-state index contributed by atoms with van der Waals surface area (Å²) in [4.78, 5) is 0. The predicted octanol–water partition coefficient (Wildman–Crippen LogP) is 2.88. The Balaban J connectivity index is 3.08. The molecule has 0 heterocycles. The molecule has 0 spiro atoms. The Labute approximate surface area is 85.1 Å². The van der Waals surface area contributed by atoms with Gasteiger partial charge >= 0.3 is 0 Å². The van der Waals surface area contributed by atoms with E-state index in [4.69, 9.17) is 10.00 Å². The maximum atomic E-state index is 8.66. The van der Waals surface area contributed by atoms with Crippen molar-refractivity contribution in [3.05, 3.63) is 29.3 Å². The SMILES string of the molecule is COc1ccc(C(C)C)cc1CC#N. The number of methoxy groups -OCH3 is 1. The van der Waals surface area contributed by atoms with Crippen LogP contribution in [0, 0.1) is 11.3 Å². The van der Waals surface area contributed by atoms with Crippen LogP contribution >= 0.6 is 0 Å². The second-order valence-corrected chi connectivity index (χ2v) is 3.56. The molecule has 0 aliphatic heterocycles. The van der Waals surface area contributed by atoms with Crippen LogP contribution in [-0.2, 0) is 6.42 Å². The summed E-state index contributed by atoms with van der Waals surface area (Å²) in [5, 5.41) is 8.66. The summed E-state index contributed by atoms with van der Waals surface area (Å²) in [5.41, 5.74) is 2.22. The first-order valence-corrected chi connectivity index (χ1v) is 4.72. The van der Waals surface area contributed by atoms with E-state index in [9.17, 15) is 0 Å². The van der Waals surface area contributed by atoms with Gasteiger partial charge in [-0.1, -0.05) is 26.0 Å². The largest absolute Gasteiger partial charge is 0.496 e. The summed E-state index contributed by atoms with van der Waals surface area (Å²) in [5.74, 6) is 1.29. The maximum Gasteiger partial charge on any atom is 0.123 e. The molecule has 0 aliphatic rings. The molecule has 0 aliphatic carbocycles. The Kier molecular flexibility index (Phi) is 3.53. The van der Waals surface area contributed by atoms with Crippen molar-refractivity contribution < 1.29 is 4.74 Å². The van der Waals surface area contributed by atoms with Gasteiger partial charge in [0, 0.05) is 5.56 Å². The van der Waals surface area contributed by atoms with Gasteiger partial charge in [0.05, 0.1) is 19.6 Å². The summed E-state index contributed by atoms with van der Waals surface area (Å²) in [7, 11) is 1.63. The highest BCUT2D eigenvalue weighted by molar-refractivity contribution is 5.39. The lowest BCUT2D eigenvalue weighted by Crippen LogP contribution is -1.94. The molecule has 0 N–H and O–H groups in total. The van der Waals surface area contributed by atoms with Crippen LogP contribution in [0.25, 0.3) is 0 Å². The molecule has 0 amide bonds. The van der Waals surface area contributed by atoms with Gasteiger partial charge in [0.25, 0.3) is 0 Å². The Morgan fingerprint density at radius 3 is 2.64 bits per heavy atom. The van der Waals surface area contributed by atoms with E-state index in [1.54, 1.807) is 7.11 Å². The van der Waals surface area contributed by atoms with Crippen molar-refractivity contribution >= 4 is 0 Å². The standard InChI is InChI=1S/C12H15NO/c1-9(2)10-4-5-12(14-3)11(8-10)6-7-13/h4-5,8-9H,6H2,1-3H3. The van der Waals surface area contributed by atoms with Crippen LogP contribution in [0.4, 0.5) is 0 Å². The first-order chi connectivity index (χ1) is 6.69. The number of hydrogen-bond donors (Lipinski definition) is 0. The van der Waals surface area contributed by atoms with E-state index in [0.717, 1.165) is 11.3 Å². The molecule has 0 radical (unpaired) electrons. The highest BCUT2D eigenvalue weighted by Crippen LogP contribution is 2.24. The highest BCUT2D eigenvalue weighted by atomic mass is 16.5. The molecule has 0 saturated carbocycles. The number of ether oxygens (including phenoxy) is 1. The van der Waals surface area contributed by atoms with Gasteiger partial charge < -0.3 is 4.74 Å². The zero-order valence-electron chi connectivity index (χ0n) is 8.87. The molecule has 1 aromatic carbocycles. The van der Waals surface area contributed by atoms with Crippen LogP contribution in [0.15, 0.2) is 18.2 Å². The van der Waals surface area contributed by atoms with Gasteiger partial charge in [0.15, 0.2) is 0 Å². The Morgan fingerprint density at radius 1 is 1.43 bits per heavy atom. The number of hydrogen-bond acceptors (Lipinski definition) is 2.